The van der Waals surface area contributed by atoms with E-state index in [9.17, 15) is 10.1 Å². The molecule has 120 valence electrons. The van der Waals surface area contributed by atoms with E-state index in [1.165, 1.54) is 0 Å². The monoisotopic (exact) mass is 317 g/mol. The lowest BCUT2D eigenvalue weighted by Crippen LogP contribution is -2.06. The van der Waals surface area contributed by atoms with Crippen molar-refractivity contribution in [2.75, 3.05) is 0 Å². The number of nitriles is 2. The summed E-state index contributed by atoms with van der Waals surface area (Å²) < 4.78 is 2.10. The van der Waals surface area contributed by atoms with Gasteiger partial charge in [0.1, 0.15) is 11.6 Å². The first kappa shape index (κ1) is 17.2. The molecule has 4 heteroatoms. The molecule has 0 saturated carbocycles. The van der Waals surface area contributed by atoms with Gasteiger partial charge in [0, 0.05) is 23.5 Å². The molecule has 0 unspecified atom stereocenters. The fourth-order valence-corrected chi connectivity index (χ4v) is 2.71. The summed E-state index contributed by atoms with van der Waals surface area (Å²) in [6.07, 6.45) is 2.55. The molecule has 0 aliphatic rings. The largest absolute Gasteiger partial charge is 0.348 e. The Morgan fingerprint density at radius 1 is 1.21 bits per heavy atom. The predicted octanol–water partition coefficient (Wildman–Crippen LogP) is 4.18. The summed E-state index contributed by atoms with van der Waals surface area (Å²) in [5.74, 6) is -0.266. The van der Waals surface area contributed by atoms with Gasteiger partial charge in [-0.25, -0.2) is 0 Å². The number of aryl methyl sites for hydroxylation is 1. The Morgan fingerprint density at radius 3 is 2.42 bits per heavy atom. The summed E-state index contributed by atoms with van der Waals surface area (Å²) in [6.45, 7) is 6.82. The highest BCUT2D eigenvalue weighted by Crippen LogP contribution is 2.20. The van der Waals surface area contributed by atoms with Gasteiger partial charge < -0.3 is 4.57 Å². The number of allylic oxidation sites excluding steroid dienone is 1. The summed E-state index contributed by atoms with van der Waals surface area (Å²) >= 11 is 0. The highest BCUT2D eigenvalue weighted by Gasteiger charge is 2.19. The van der Waals surface area contributed by atoms with Crippen LogP contribution in [0.15, 0.2) is 35.9 Å². The minimum absolute atomic E-state index is 0.0939. The van der Waals surface area contributed by atoms with E-state index in [1.54, 1.807) is 30.3 Å². The lowest BCUT2D eigenvalue weighted by Gasteiger charge is -2.07. The Labute approximate surface area is 142 Å². The van der Waals surface area contributed by atoms with Gasteiger partial charge in [0.2, 0.25) is 5.78 Å². The Kier molecular flexibility index (Phi) is 5.35. The van der Waals surface area contributed by atoms with Crippen molar-refractivity contribution in [1.82, 2.24) is 4.57 Å². The number of carbonyl (C=O) groups is 1. The molecule has 0 aliphatic heterocycles. The van der Waals surface area contributed by atoms with E-state index in [0.29, 0.717) is 11.1 Å². The smallest absolute Gasteiger partial charge is 0.205 e. The van der Waals surface area contributed by atoms with Crippen LogP contribution in [-0.2, 0) is 6.54 Å². The third-order valence-corrected chi connectivity index (χ3v) is 3.98. The second-order valence-corrected chi connectivity index (χ2v) is 5.67. The standard InChI is InChI=1S/C20H19N3O/c1-4-9-23-14(2)10-19(15(23)3)20(24)18(13-22)11-16-5-7-17(12-21)8-6-16/h5-8,10-11H,4,9H2,1-3H3/b18-11+. The summed E-state index contributed by atoms with van der Waals surface area (Å²) in [5, 5.41) is 18.2. The van der Waals surface area contributed by atoms with Crippen molar-refractivity contribution in [3.8, 4) is 12.1 Å². The number of hydrogen-bond acceptors (Lipinski definition) is 3. The molecule has 4 nitrogen and oxygen atoms in total. The zero-order valence-electron chi connectivity index (χ0n) is 14.1. The zero-order chi connectivity index (χ0) is 17.7. The average Bonchev–Trinajstić information content (AvgIpc) is 2.88. The molecule has 24 heavy (non-hydrogen) atoms. The second-order valence-electron chi connectivity index (χ2n) is 5.67. The average molecular weight is 317 g/mol. The fraction of sp³-hybridized carbons (Fsp3) is 0.250. The summed E-state index contributed by atoms with van der Waals surface area (Å²) in [7, 11) is 0. The number of ketones is 1. The molecule has 2 rings (SSSR count). The number of nitrogens with zero attached hydrogens (tertiary/aromatic N) is 3. The van der Waals surface area contributed by atoms with Gasteiger partial charge in [-0.1, -0.05) is 19.1 Å². The van der Waals surface area contributed by atoms with Crippen molar-refractivity contribution in [3.05, 3.63) is 64.0 Å². The number of hydrogen-bond donors (Lipinski definition) is 0. The van der Waals surface area contributed by atoms with Crippen LogP contribution in [0.4, 0.5) is 0 Å². The van der Waals surface area contributed by atoms with E-state index in [0.717, 1.165) is 29.9 Å². The van der Waals surface area contributed by atoms with Gasteiger partial charge in [-0.15, -0.1) is 0 Å². The maximum atomic E-state index is 12.7. The van der Waals surface area contributed by atoms with Crippen LogP contribution in [0.25, 0.3) is 6.08 Å². The van der Waals surface area contributed by atoms with E-state index in [-0.39, 0.29) is 11.4 Å². The number of benzene rings is 1. The molecule has 0 spiro atoms. The molecule has 0 N–H and O–H groups in total. The Hall–Kier alpha value is -3.11. The van der Waals surface area contributed by atoms with Crippen LogP contribution in [0.2, 0.25) is 0 Å². The fourth-order valence-electron chi connectivity index (χ4n) is 2.71. The SMILES string of the molecule is CCCn1c(C)cc(C(=O)/C(C#N)=C/c2ccc(C#N)cc2)c1C. The van der Waals surface area contributed by atoms with E-state index in [2.05, 4.69) is 11.5 Å². The van der Waals surface area contributed by atoms with Crippen LogP contribution < -0.4 is 0 Å². The molecule has 2 aromatic rings. The molecule has 0 radical (unpaired) electrons. The van der Waals surface area contributed by atoms with Gasteiger partial charge in [0.25, 0.3) is 0 Å². The van der Waals surface area contributed by atoms with Crippen molar-refractivity contribution in [1.29, 1.82) is 10.5 Å². The summed E-state index contributed by atoms with van der Waals surface area (Å²) in [5.41, 5.74) is 3.84. The Bertz CT molecular complexity index is 871. The van der Waals surface area contributed by atoms with Crippen LogP contribution >= 0.6 is 0 Å². The minimum atomic E-state index is -0.266. The third kappa shape index (κ3) is 3.45. The molecule has 0 bridgehead atoms. The van der Waals surface area contributed by atoms with Crippen LogP contribution in [0.1, 0.15) is 46.2 Å². The van der Waals surface area contributed by atoms with E-state index in [1.807, 2.05) is 32.1 Å². The number of rotatable bonds is 5. The highest BCUT2D eigenvalue weighted by atomic mass is 16.1. The first-order valence-corrected chi connectivity index (χ1v) is 7.85. The number of Topliss-reactive ketones (excluding diaryl/α,β-unsaturated/α-hetero) is 1. The Balaban J connectivity index is 2.39. The van der Waals surface area contributed by atoms with Crippen molar-refractivity contribution in [2.24, 2.45) is 0 Å². The second kappa shape index (κ2) is 7.44. The first-order chi connectivity index (χ1) is 11.5. The molecule has 0 amide bonds. The van der Waals surface area contributed by atoms with Gasteiger partial charge in [-0.05, 0) is 50.1 Å². The quantitative estimate of drug-likeness (QED) is 0.472. The van der Waals surface area contributed by atoms with Gasteiger partial charge >= 0.3 is 0 Å². The Morgan fingerprint density at radius 2 is 1.88 bits per heavy atom. The molecular weight excluding hydrogens is 298 g/mol. The maximum absolute atomic E-state index is 12.7. The van der Waals surface area contributed by atoms with Crippen molar-refractivity contribution >= 4 is 11.9 Å². The van der Waals surface area contributed by atoms with Crippen molar-refractivity contribution in [3.63, 3.8) is 0 Å². The van der Waals surface area contributed by atoms with E-state index in [4.69, 9.17) is 5.26 Å². The molecule has 0 fully saturated rings. The lowest BCUT2D eigenvalue weighted by atomic mass is 10.0. The van der Waals surface area contributed by atoms with Gasteiger partial charge in [-0.3, -0.25) is 4.79 Å². The molecular formula is C20H19N3O. The normalized spacial score (nSPS) is 11.0. The van der Waals surface area contributed by atoms with Crippen LogP contribution in [-0.4, -0.2) is 10.4 Å². The topological polar surface area (TPSA) is 69.6 Å². The predicted molar refractivity (Wildman–Crippen MR) is 93.3 cm³/mol. The van der Waals surface area contributed by atoms with Crippen LogP contribution in [0.5, 0.6) is 0 Å². The highest BCUT2D eigenvalue weighted by molar-refractivity contribution is 6.14. The first-order valence-electron chi connectivity index (χ1n) is 7.85. The molecule has 0 atom stereocenters. The molecule has 1 aromatic carbocycles. The molecule has 1 aromatic heterocycles. The van der Waals surface area contributed by atoms with Crippen LogP contribution in [0, 0.1) is 36.5 Å². The summed E-state index contributed by atoms with van der Waals surface area (Å²) in [4.78, 5) is 12.7. The zero-order valence-corrected chi connectivity index (χ0v) is 14.1. The van der Waals surface area contributed by atoms with E-state index < -0.39 is 0 Å². The van der Waals surface area contributed by atoms with Gasteiger partial charge in [0.15, 0.2) is 0 Å². The minimum Gasteiger partial charge on any atom is -0.348 e. The lowest BCUT2D eigenvalue weighted by molar-refractivity contribution is 0.103. The van der Waals surface area contributed by atoms with Crippen molar-refractivity contribution < 1.29 is 4.79 Å². The number of carbonyl (C=O) groups excluding carboxylic acids is 1. The van der Waals surface area contributed by atoms with Gasteiger partial charge in [0.05, 0.1) is 11.6 Å². The number of aromatic nitrogens is 1. The molecule has 0 aliphatic carbocycles. The van der Waals surface area contributed by atoms with Crippen LogP contribution in [0.3, 0.4) is 0 Å². The summed E-state index contributed by atoms with van der Waals surface area (Å²) in [6, 6.07) is 12.7. The van der Waals surface area contributed by atoms with Crippen molar-refractivity contribution in [2.45, 2.75) is 33.7 Å². The maximum Gasteiger partial charge on any atom is 0.205 e. The van der Waals surface area contributed by atoms with E-state index >= 15 is 0 Å². The van der Waals surface area contributed by atoms with Gasteiger partial charge in [-0.2, -0.15) is 10.5 Å². The molecule has 0 saturated heterocycles. The molecule has 1 heterocycles. The third-order valence-electron chi connectivity index (χ3n) is 3.98.